The molecule has 0 saturated heterocycles. The van der Waals surface area contributed by atoms with Gasteiger partial charge in [-0.2, -0.15) is 0 Å². The van der Waals surface area contributed by atoms with Crippen LogP contribution in [0.1, 0.15) is 36.6 Å². The molecule has 0 heterocycles. The SMILES string of the molecule is CCN(CC)[C@H](CNC(=S)Nc1cc(C)ccc1C)c1ccccc1. The van der Waals surface area contributed by atoms with E-state index in [1.807, 2.05) is 0 Å². The minimum Gasteiger partial charge on any atom is -0.361 e. The number of hydrogen-bond donors (Lipinski definition) is 2. The highest BCUT2D eigenvalue weighted by molar-refractivity contribution is 7.80. The van der Waals surface area contributed by atoms with Crippen LogP contribution in [0.4, 0.5) is 5.69 Å². The summed E-state index contributed by atoms with van der Waals surface area (Å²) in [7, 11) is 0. The van der Waals surface area contributed by atoms with Crippen molar-refractivity contribution in [1.82, 2.24) is 10.2 Å². The molecular weight excluding hydrogens is 326 g/mol. The molecule has 0 aliphatic carbocycles. The van der Waals surface area contributed by atoms with Gasteiger partial charge in [-0.3, -0.25) is 4.90 Å². The normalized spacial score (nSPS) is 12.0. The van der Waals surface area contributed by atoms with E-state index in [-0.39, 0.29) is 0 Å². The van der Waals surface area contributed by atoms with Crippen LogP contribution in [0.2, 0.25) is 0 Å². The Kier molecular flexibility index (Phi) is 7.41. The van der Waals surface area contributed by atoms with Crippen molar-refractivity contribution in [1.29, 1.82) is 0 Å². The van der Waals surface area contributed by atoms with Gasteiger partial charge in [0.25, 0.3) is 0 Å². The van der Waals surface area contributed by atoms with E-state index < -0.39 is 0 Å². The van der Waals surface area contributed by atoms with Gasteiger partial charge in [0.15, 0.2) is 5.11 Å². The number of likely N-dealkylation sites (N-methyl/N-ethyl adjacent to an activating group) is 1. The summed E-state index contributed by atoms with van der Waals surface area (Å²) in [5.74, 6) is 0. The lowest BCUT2D eigenvalue weighted by Crippen LogP contribution is -2.39. The predicted molar refractivity (Wildman–Crippen MR) is 112 cm³/mol. The molecule has 0 fully saturated rings. The van der Waals surface area contributed by atoms with Crippen LogP contribution in [0.25, 0.3) is 0 Å². The number of anilines is 1. The molecule has 0 aliphatic heterocycles. The molecule has 0 aliphatic rings. The zero-order valence-electron chi connectivity index (χ0n) is 15.7. The largest absolute Gasteiger partial charge is 0.361 e. The third kappa shape index (κ3) is 5.55. The van der Waals surface area contributed by atoms with Crippen molar-refractivity contribution in [3.8, 4) is 0 Å². The summed E-state index contributed by atoms with van der Waals surface area (Å²) in [6, 6.07) is 17.3. The summed E-state index contributed by atoms with van der Waals surface area (Å²) in [5.41, 5.74) is 4.80. The van der Waals surface area contributed by atoms with Gasteiger partial charge in [0.2, 0.25) is 0 Å². The lowest BCUT2D eigenvalue weighted by molar-refractivity contribution is 0.219. The van der Waals surface area contributed by atoms with Crippen LogP contribution < -0.4 is 10.6 Å². The maximum atomic E-state index is 5.53. The first kappa shape index (κ1) is 19.4. The topological polar surface area (TPSA) is 27.3 Å². The molecule has 1 atom stereocenters. The van der Waals surface area contributed by atoms with Crippen LogP contribution in [0.5, 0.6) is 0 Å². The number of nitrogens with zero attached hydrogens (tertiary/aromatic N) is 1. The van der Waals surface area contributed by atoms with Gasteiger partial charge in [-0.25, -0.2) is 0 Å². The molecule has 0 saturated carbocycles. The van der Waals surface area contributed by atoms with Crippen molar-refractivity contribution in [3.05, 3.63) is 65.2 Å². The van der Waals surface area contributed by atoms with Gasteiger partial charge >= 0.3 is 0 Å². The number of nitrogens with one attached hydrogen (secondary N) is 2. The maximum absolute atomic E-state index is 5.53. The van der Waals surface area contributed by atoms with E-state index in [1.165, 1.54) is 16.7 Å². The summed E-state index contributed by atoms with van der Waals surface area (Å²) in [5, 5.41) is 7.41. The van der Waals surface area contributed by atoms with Crippen LogP contribution in [0.15, 0.2) is 48.5 Å². The Morgan fingerprint density at radius 1 is 1.04 bits per heavy atom. The van der Waals surface area contributed by atoms with E-state index in [0.717, 1.165) is 25.3 Å². The number of thiocarbonyl (C=S) groups is 1. The summed E-state index contributed by atoms with van der Waals surface area (Å²) in [4.78, 5) is 2.45. The van der Waals surface area contributed by atoms with Gasteiger partial charge in [0.1, 0.15) is 0 Å². The van der Waals surface area contributed by atoms with Gasteiger partial charge in [-0.05, 0) is 61.9 Å². The molecule has 0 amide bonds. The molecule has 134 valence electrons. The Bertz CT molecular complexity index is 681. The fourth-order valence-corrected chi connectivity index (χ4v) is 3.22. The highest BCUT2D eigenvalue weighted by Crippen LogP contribution is 2.20. The third-order valence-electron chi connectivity index (χ3n) is 4.53. The molecule has 25 heavy (non-hydrogen) atoms. The molecule has 2 N–H and O–H groups in total. The summed E-state index contributed by atoms with van der Waals surface area (Å²) < 4.78 is 0. The van der Waals surface area contributed by atoms with Crippen LogP contribution in [0.3, 0.4) is 0 Å². The lowest BCUT2D eigenvalue weighted by atomic mass is 10.1. The Balaban J connectivity index is 2.04. The molecule has 0 aromatic heterocycles. The van der Waals surface area contributed by atoms with Crippen LogP contribution in [-0.2, 0) is 0 Å². The van der Waals surface area contributed by atoms with E-state index in [9.17, 15) is 0 Å². The van der Waals surface area contributed by atoms with Crippen molar-refractivity contribution in [2.75, 3.05) is 25.0 Å². The fourth-order valence-electron chi connectivity index (χ4n) is 3.02. The first-order valence-electron chi connectivity index (χ1n) is 8.96. The smallest absolute Gasteiger partial charge is 0.170 e. The van der Waals surface area contributed by atoms with Crippen LogP contribution in [0, 0.1) is 13.8 Å². The number of aryl methyl sites for hydroxylation is 2. The number of hydrogen-bond acceptors (Lipinski definition) is 2. The zero-order valence-corrected chi connectivity index (χ0v) is 16.5. The lowest BCUT2D eigenvalue weighted by Gasteiger charge is -2.30. The van der Waals surface area contributed by atoms with E-state index in [1.54, 1.807) is 0 Å². The van der Waals surface area contributed by atoms with Gasteiger partial charge in [-0.15, -0.1) is 0 Å². The first-order valence-corrected chi connectivity index (χ1v) is 9.37. The molecule has 2 rings (SSSR count). The van der Waals surface area contributed by atoms with Crippen LogP contribution in [-0.4, -0.2) is 29.6 Å². The van der Waals surface area contributed by atoms with Gasteiger partial charge < -0.3 is 10.6 Å². The average Bonchev–Trinajstić information content (AvgIpc) is 2.62. The molecule has 0 radical (unpaired) electrons. The molecule has 2 aromatic rings. The van der Waals surface area contributed by atoms with Crippen molar-refractivity contribution < 1.29 is 0 Å². The van der Waals surface area contributed by atoms with Gasteiger partial charge in [0.05, 0.1) is 6.04 Å². The second kappa shape index (κ2) is 9.54. The third-order valence-corrected chi connectivity index (χ3v) is 4.78. The first-order chi connectivity index (χ1) is 12.0. The number of benzene rings is 2. The standard InChI is InChI=1S/C21H29N3S/c1-5-24(6-2)20(18-10-8-7-9-11-18)15-22-21(25)23-19-14-16(3)12-13-17(19)4/h7-14,20H,5-6,15H2,1-4H3,(H2,22,23,25)/t20-/m1/s1. The van der Waals surface area contributed by atoms with E-state index >= 15 is 0 Å². The second-order valence-corrected chi connectivity index (χ2v) is 6.71. The van der Waals surface area contributed by atoms with Crippen molar-refractivity contribution >= 4 is 23.0 Å². The highest BCUT2D eigenvalue weighted by Gasteiger charge is 2.18. The Labute approximate surface area is 157 Å². The average molecular weight is 356 g/mol. The minimum absolute atomic E-state index is 0.301. The Morgan fingerprint density at radius 2 is 1.72 bits per heavy atom. The monoisotopic (exact) mass is 355 g/mol. The van der Waals surface area contributed by atoms with Crippen molar-refractivity contribution in [2.45, 2.75) is 33.7 Å². The minimum atomic E-state index is 0.301. The van der Waals surface area contributed by atoms with Gasteiger partial charge in [0, 0.05) is 12.2 Å². The van der Waals surface area contributed by atoms with E-state index in [0.29, 0.717) is 11.2 Å². The van der Waals surface area contributed by atoms with E-state index in [2.05, 4.69) is 91.8 Å². The summed E-state index contributed by atoms with van der Waals surface area (Å²) in [6.45, 7) is 11.4. The van der Waals surface area contributed by atoms with Gasteiger partial charge in [-0.1, -0.05) is 56.3 Å². The number of rotatable bonds is 7. The maximum Gasteiger partial charge on any atom is 0.170 e. The molecule has 4 heteroatoms. The molecule has 2 aromatic carbocycles. The highest BCUT2D eigenvalue weighted by atomic mass is 32.1. The quantitative estimate of drug-likeness (QED) is 0.706. The second-order valence-electron chi connectivity index (χ2n) is 6.30. The van der Waals surface area contributed by atoms with Crippen molar-refractivity contribution in [3.63, 3.8) is 0 Å². The molecule has 0 bridgehead atoms. The predicted octanol–water partition coefficient (Wildman–Crippen LogP) is 4.67. The van der Waals surface area contributed by atoms with Crippen molar-refractivity contribution in [2.24, 2.45) is 0 Å². The Morgan fingerprint density at radius 3 is 2.36 bits per heavy atom. The summed E-state index contributed by atoms with van der Waals surface area (Å²) >= 11 is 5.53. The zero-order chi connectivity index (χ0) is 18.2. The van der Waals surface area contributed by atoms with E-state index in [4.69, 9.17) is 12.2 Å². The van der Waals surface area contributed by atoms with Crippen LogP contribution >= 0.6 is 12.2 Å². The molecular formula is C21H29N3S. The molecule has 0 spiro atoms. The Hall–Kier alpha value is -1.91. The molecule has 0 unspecified atom stereocenters. The summed E-state index contributed by atoms with van der Waals surface area (Å²) in [6.07, 6.45) is 0. The fraction of sp³-hybridized carbons (Fsp3) is 0.381. The molecule has 3 nitrogen and oxygen atoms in total.